The maximum Gasteiger partial charge on any atom is 0.124 e. The minimum absolute atomic E-state index is 0.503. The second-order valence-electron chi connectivity index (χ2n) is 3.88. The Balaban J connectivity index is 0.000000637. The molecular weight excluding hydrogens is 238 g/mol. The van der Waals surface area contributed by atoms with Gasteiger partial charge in [-0.2, -0.15) is 5.10 Å². The van der Waals surface area contributed by atoms with Crippen LogP contribution in [0.4, 0.5) is 5.82 Å². The minimum Gasteiger partial charge on any atom is -0.384 e. The molecule has 0 aliphatic rings. The van der Waals surface area contributed by atoms with E-state index < -0.39 is 0 Å². The van der Waals surface area contributed by atoms with Gasteiger partial charge in [-0.3, -0.25) is 4.98 Å². The summed E-state index contributed by atoms with van der Waals surface area (Å²) in [6.07, 6.45) is 5.28. The first-order chi connectivity index (χ1) is 9.24. The van der Waals surface area contributed by atoms with Crippen molar-refractivity contribution in [2.45, 2.75) is 20.8 Å². The molecule has 0 saturated heterocycles. The van der Waals surface area contributed by atoms with Gasteiger partial charge in [0.05, 0.1) is 23.6 Å². The summed E-state index contributed by atoms with van der Waals surface area (Å²) < 4.78 is 1.83. The van der Waals surface area contributed by atoms with Crippen molar-refractivity contribution in [2.24, 2.45) is 0 Å². The lowest BCUT2D eigenvalue weighted by atomic mass is 10.3. The Kier molecular flexibility index (Phi) is 3.75. The molecule has 2 N–H and O–H groups in total. The van der Waals surface area contributed by atoms with E-state index in [0.717, 1.165) is 22.3 Å². The third-order valence-electron chi connectivity index (χ3n) is 2.60. The van der Waals surface area contributed by atoms with E-state index in [1.165, 1.54) is 0 Å². The normalized spacial score (nSPS) is 10.1. The molecule has 0 bridgehead atoms. The van der Waals surface area contributed by atoms with E-state index in [9.17, 15) is 0 Å². The molecule has 5 heteroatoms. The molecule has 0 unspecified atom stereocenters. The summed E-state index contributed by atoms with van der Waals surface area (Å²) in [5.41, 5.74) is 8.50. The Bertz CT molecular complexity index is 687. The largest absolute Gasteiger partial charge is 0.384 e. The van der Waals surface area contributed by atoms with Gasteiger partial charge in [0.25, 0.3) is 0 Å². The highest BCUT2D eigenvalue weighted by atomic mass is 15.3. The van der Waals surface area contributed by atoms with Gasteiger partial charge in [0.2, 0.25) is 0 Å². The van der Waals surface area contributed by atoms with Crippen LogP contribution in [-0.2, 0) is 0 Å². The number of aryl methyl sites for hydroxylation is 1. The second-order valence-corrected chi connectivity index (χ2v) is 3.88. The SMILES string of the molecule is CC.Cc1cc(-n2ncc3cc(N)ncc32)ccn1. The van der Waals surface area contributed by atoms with Crippen LogP contribution in [0.5, 0.6) is 0 Å². The van der Waals surface area contributed by atoms with Crippen LogP contribution in [0.25, 0.3) is 16.6 Å². The molecule has 0 atom stereocenters. The number of aromatic nitrogens is 4. The third-order valence-corrected chi connectivity index (χ3v) is 2.60. The fourth-order valence-corrected chi connectivity index (χ4v) is 1.81. The molecule has 3 aromatic rings. The van der Waals surface area contributed by atoms with Crippen LogP contribution < -0.4 is 5.73 Å². The first-order valence-electron chi connectivity index (χ1n) is 6.26. The second kappa shape index (κ2) is 5.48. The molecule has 3 aromatic heterocycles. The van der Waals surface area contributed by atoms with Crippen molar-refractivity contribution in [1.82, 2.24) is 19.7 Å². The van der Waals surface area contributed by atoms with Crippen molar-refractivity contribution < 1.29 is 0 Å². The van der Waals surface area contributed by atoms with Gasteiger partial charge in [0.1, 0.15) is 5.82 Å². The highest BCUT2D eigenvalue weighted by Crippen LogP contribution is 2.18. The van der Waals surface area contributed by atoms with Gasteiger partial charge in [0, 0.05) is 17.3 Å². The van der Waals surface area contributed by atoms with Crippen LogP contribution in [0.3, 0.4) is 0 Å². The molecular formula is C14H17N5. The van der Waals surface area contributed by atoms with Gasteiger partial charge in [-0.1, -0.05) is 13.8 Å². The lowest BCUT2D eigenvalue weighted by molar-refractivity contribution is 0.902. The van der Waals surface area contributed by atoms with Crippen molar-refractivity contribution in [3.05, 3.63) is 42.5 Å². The molecule has 0 amide bonds. The highest BCUT2D eigenvalue weighted by molar-refractivity contribution is 5.81. The Hall–Kier alpha value is -2.43. The number of hydrogen-bond donors (Lipinski definition) is 1. The maximum absolute atomic E-state index is 5.64. The minimum atomic E-state index is 0.503. The smallest absolute Gasteiger partial charge is 0.124 e. The van der Waals surface area contributed by atoms with Crippen LogP contribution in [0, 0.1) is 6.92 Å². The molecule has 5 nitrogen and oxygen atoms in total. The van der Waals surface area contributed by atoms with Crippen LogP contribution in [-0.4, -0.2) is 19.7 Å². The van der Waals surface area contributed by atoms with Crippen LogP contribution in [0.2, 0.25) is 0 Å². The Morgan fingerprint density at radius 3 is 2.63 bits per heavy atom. The Morgan fingerprint density at radius 2 is 1.89 bits per heavy atom. The number of rotatable bonds is 1. The number of nitrogen functional groups attached to an aromatic ring is 1. The predicted octanol–water partition coefficient (Wildman–Crippen LogP) is 2.73. The molecule has 0 aliphatic heterocycles. The summed E-state index contributed by atoms with van der Waals surface area (Å²) in [5.74, 6) is 0.503. The fourth-order valence-electron chi connectivity index (χ4n) is 1.81. The zero-order valence-corrected chi connectivity index (χ0v) is 11.3. The molecule has 98 valence electrons. The number of fused-ring (bicyclic) bond motifs is 1. The van der Waals surface area contributed by atoms with Gasteiger partial charge in [0.15, 0.2) is 0 Å². The number of nitrogens with two attached hydrogens (primary N) is 1. The molecule has 0 spiro atoms. The Morgan fingerprint density at radius 1 is 1.11 bits per heavy atom. The number of pyridine rings is 2. The van der Waals surface area contributed by atoms with Crippen LogP contribution in [0.1, 0.15) is 19.5 Å². The monoisotopic (exact) mass is 255 g/mol. The number of nitrogens with zero attached hydrogens (tertiary/aromatic N) is 4. The van der Waals surface area contributed by atoms with Gasteiger partial charge in [-0.25, -0.2) is 9.67 Å². The molecule has 3 rings (SSSR count). The first kappa shape index (κ1) is 13.0. The van der Waals surface area contributed by atoms with Gasteiger partial charge < -0.3 is 5.73 Å². The third kappa shape index (κ3) is 2.54. The summed E-state index contributed by atoms with van der Waals surface area (Å²) in [6, 6.07) is 5.70. The topological polar surface area (TPSA) is 69.6 Å². The quantitative estimate of drug-likeness (QED) is 0.725. The average Bonchev–Trinajstić information content (AvgIpc) is 2.84. The maximum atomic E-state index is 5.64. The summed E-state index contributed by atoms with van der Waals surface area (Å²) in [5, 5.41) is 5.32. The van der Waals surface area contributed by atoms with Crippen molar-refractivity contribution in [3.8, 4) is 5.69 Å². The molecule has 0 fully saturated rings. The van der Waals surface area contributed by atoms with Crippen molar-refractivity contribution in [2.75, 3.05) is 5.73 Å². The van der Waals surface area contributed by atoms with Crippen molar-refractivity contribution >= 4 is 16.7 Å². The van der Waals surface area contributed by atoms with Gasteiger partial charge >= 0.3 is 0 Å². The van der Waals surface area contributed by atoms with Crippen LogP contribution in [0.15, 0.2) is 36.8 Å². The summed E-state index contributed by atoms with van der Waals surface area (Å²) >= 11 is 0. The predicted molar refractivity (Wildman–Crippen MR) is 77.2 cm³/mol. The molecule has 0 aliphatic carbocycles. The first-order valence-corrected chi connectivity index (χ1v) is 6.26. The molecule has 19 heavy (non-hydrogen) atoms. The molecule has 3 heterocycles. The Labute approximate surface area is 112 Å². The zero-order chi connectivity index (χ0) is 13.8. The van der Waals surface area contributed by atoms with Crippen LogP contribution >= 0.6 is 0 Å². The lowest BCUT2D eigenvalue weighted by Gasteiger charge is -2.03. The van der Waals surface area contributed by atoms with E-state index >= 15 is 0 Å². The van der Waals surface area contributed by atoms with Crippen molar-refractivity contribution in [1.29, 1.82) is 0 Å². The van der Waals surface area contributed by atoms with Gasteiger partial charge in [-0.05, 0) is 25.1 Å². The zero-order valence-electron chi connectivity index (χ0n) is 11.3. The van der Waals surface area contributed by atoms with E-state index in [0.29, 0.717) is 5.82 Å². The standard InChI is InChI=1S/C12H11N5.C2H6/c1-8-4-10(2-3-14-8)17-11-7-15-12(13)5-9(11)6-16-17;1-2/h2-7H,1H3,(H2,13,15);1-2H3. The van der Waals surface area contributed by atoms with E-state index in [4.69, 9.17) is 5.73 Å². The summed E-state index contributed by atoms with van der Waals surface area (Å²) in [6.45, 7) is 5.95. The lowest BCUT2D eigenvalue weighted by Crippen LogP contribution is -1.98. The average molecular weight is 255 g/mol. The molecule has 0 saturated carbocycles. The molecule has 0 aromatic carbocycles. The summed E-state index contributed by atoms with van der Waals surface area (Å²) in [7, 11) is 0. The van der Waals surface area contributed by atoms with Crippen molar-refractivity contribution in [3.63, 3.8) is 0 Å². The summed E-state index contributed by atoms with van der Waals surface area (Å²) in [4.78, 5) is 8.26. The number of anilines is 1. The van der Waals surface area contributed by atoms with E-state index in [-0.39, 0.29) is 0 Å². The highest BCUT2D eigenvalue weighted by Gasteiger charge is 2.05. The fraction of sp³-hybridized carbons (Fsp3) is 0.214. The molecule has 0 radical (unpaired) electrons. The van der Waals surface area contributed by atoms with E-state index in [2.05, 4.69) is 15.1 Å². The van der Waals surface area contributed by atoms with Gasteiger partial charge in [-0.15, -0.1) is 0 Å². The van der Waals surface area contributed by atoms with E-state index in [1.807, 2.05) is 43.7 Å². The number of hydrogen-bond acceptors (Lipinski definition) is 4. The van der Waals surface area contributed by atoms with E-state index in [1.54, 1.807) is 18.6 Å².